The number of halogens is 3. The third-order valence-electron chi connectivity index (χ3n) is 6.21. The Balaban J connectivity index is 1.48. The predicted molar refractivity (Wildman–Crippen MR) is 174 cm³/mol. The third-order valence-corrected chi connectivity index (χ3v) is 9.32. The van der Waals surface area contributed by atoms with Gasteiger partial charge in [-0.3, -0.25) is 9.10 Å². The Morgan fingerprint density at radius 3 is 2.40 bits per heavy atom. The number of nitrogens with zero attached hydrogens (tertiary/aromatic N) is 2. The zero-order valence-electron chi connectivity index (χ0n) is 23.5. The molecular weight excluding hydrogens is 677 g/mol. The predicted octanol–water partition coefficient (Wildman–Crippen LogP) is 7.31. The summed E-state index contributed by atoms with van der Waals surface area (Å²) in [5.74, 6) is 0.267. The number of hydrogen-bond acceptors (Lipinski definition) is 6. The first-order valence-corrected chi connectivity index (χ1v) is 15.9. The fraction of sp³-hybridized carbons (Fsp3) is 0.161. The summed E-state index contributed by atoms with van der Waals surface area (Å²) in [4.78, 5) is 13.0. The smallest absolute Gasteiger partial charge is 0.264 e. The van der Waals surface area contributed by atoms with E-state index >= 15 is 0 Å². The van der Waals surface area contributed by atoms with Crippen LogP contribution in [0.15, 0.2) is 93.3 Å². The molecule has 224 valence electrons. The zero-order chi connectivity index (χ0) is 31.1. The maximum absolute atomic E-state index is 13.6. The molecule has 43 heavy (non-hydrogen) atoms. The molecule has 0 atom stereocenters. The summed E-state index contributed by atoms with van der Waals surface area (Å²) >= 11 is 15.6. The van der Waals surface area contributed by atoms with Gasteiger partial charge in [0.05, 0.1) is 38.4 Å². The van der Waals surface area contributed by atoms with Crippen LogP contribution in [0.2, 0.25) is 10.0 Å². The van der Waals surface area contributed by atoms with Gasteiger partial charge in [-0.05, 0) is 95.0 Å². The van der Waals surface area contributed by atoms with Crippen molar-refractivity contribution in [2.45, 2.75) is 25.3 Å². The fourth-order valence-electron chi connectivity index (χ4n) is 4.02. The normalized spacial score (nSPS) is 11.4. The van der Waals surface area contributed by atoms with Gasteiger partial charge in [0.2, 0.25) is 0 Å². The van der Waals surface area contributed by atoms with Crippen LogP contribution in [0.25, 0.3) is 0 Å². The SMILES string of the molecule is COc1cc(/C=N/NC(=O)CN(c2cccc(C)c2)S(=O)(=O)c2ccc(C)cc2)cc(Br)c1OCc1ccc(Cl)c(Cl)c1. The van der Waals surface area contributed by atoms with Crippen molar-refractivity contribution >= 4 is 67.0 Å². The Hall–Kier alpha value is -3.57. The number of carbonyl (C=O) groups excluding carboxylic acids is 1. The van der Waals surface area contributed by atoms with Crippen molar-refractivity contribution in [3.8, 4) is 11.5 Å². The molecule has 0 aliphatic carbocycles. The van der Waals surface area contributed by atoms with E-state index in [2.05, 4.69) is 26.5 Å². The van der Waals surface area contributed by atoms with E-state index in [9.17, 15) is 13.2 Å². The Kier molecular flexibility index (Phi) is 10.7. The maximum Gasteiger partial charge on any atom is 0.264 e. The molecule has 0 unspecified atom stereocenters. The number of hydrazone groups is 1. The van der Waals surface area contributed by atoms with Crippen molar-refractivity contribution in [3.05, 3.63) is 116 Å². The average Bonchev–Trinajstić information content (AvgIpc) is 2.97. The maximum atomic E-state index is 13.6. The second kappa shape index (κ2) is 14.3. The van der Waals surface area contributed by atoms with Gasteiger partial charge in [-0.25, -0.2) is 13.8 Å². The lowest BCUT2D eigenvalue weighted by molar-refractivity contribution is -0.119. The van der Waals surface area contributed by atoms with Crippen molar-refractivity contribution in [1.29, 1.82) is 0 Å². The van der Waals surface area contributed by atoms with Gasteiger partial charge >= 0.3 is 0 Å². The number of anilines is 1. The van der Waals surface area contributed by atoms with Gasteiger partial charge in [-0.1, -0.05) is 59.1 Å². The van der Waals surface area contributed by atoms with Gasteiger partial charge in [0, 0.05) is 0 Å². The largest absolute Gasteiger partial charge is 0.493 e. The van der Waals surface area contributed by atoms with Crippen LogP contribution in [0, 0.1) is 13.8 Å². The van der Waals surface area contributed by atoms with Gasteiger partial charge < -0.3 is 9.47 Å². The molecule has 0 saturated heterocycles. The number of ether oxygens (including phenoxy) is 2. The highest BCUT2D eigenvalue weighted by Crippen LogP contribution is 2.37. The van der Waals surface area contributed by atoms with E-state index < -0.39 is 22.5 Å². The molecule has 1 N–H and O–H groups in total. The summed E-state index contributed by atoms with van der Waals surface area (Å²) in [6.45, 7) is 3.46. The monoisotopic (exact) mass is 703 g/mol. The Morgan fingerprint density at radius 1 is 0.977 bits per heavy atom. The van der Waals surface area contributed by atoms with Crippen LogP contribution in [0.4, 0.5) is 5.69 Å². The second-order valence-electron chi connectivity index (χ2n) is 9.53. The fourth-order valence-corrected chi connectivity index (χ4v) is 6.33. The first-order chi connectivity index (χ1) is 20.5. The molecule has 0 fully saturated rings. The van der Waals surface area contributed by atoms with Gasteiger partial charge in [0.1, 0.15) is 13.2 Å². The molecule has 1 amide bonds. The highest BCUT2D eigenvalue weighted by Gasteiger charge is 2.27. The van der Waals surface area contributed by atoms with E-state index in [4.69, 9.17) is 32.7 Å². The molecule has 0 spiro atoms. The highest BCUT2D eigenvalue weighted by molar-refractivity contribution is 9.10. The Bertz CT molecular complexity index is 1770. The van der Waals surface area contributed by atoms with E-state index in [1.165, 1.54) is 25.5 Å². The van der Waals surface area contributed by atoms with Crippen molar-refractivity contribution < 1.29 is 22.7 Å². The first kappa shape index (κ1) is 32.3. The minimum absolute atomic E-state index is 0.0781. The van der Waals surface area contributed by atoms with Crippen molar-refractivity contribution in [2.24, 2.45) is 5.10 Å². The zero-order valence-corrected chi connectivity index (χ0v) is 27.4. The lowest BCUT2D eigenvalue weighted by atomic mass is 10.2. The quantitative estimate of drug-likeness (QED) is 0.131. The van der Waals surface area contributed by atoms with E-state index in [1.54, 1.807) is 54.6 Å². The van der Waals surface area contributed by atoms with Gasteiger partial charge in [0.25, 0.3) is 15.9 Å². The topological polar surface area (TPSA) is 97.3 Å². The van der Waals surface area contributed by atoms with Crippen LogP contribution in [-0.2, 0) is 21.4 Å². The number of rotatable bonds is 11. The minimum atomic E-state index is -4.04. The summed E-state index contributed by atoms with van der Waals surface area (Å²) in [6, 6.07) is 22.0. The van der Waals surface area contributed by atoms with Crippen molar-refractivity contribution in [1.82, 2.24) is 5.43 Å². The average molecular weight is 705 g/mol. The molecular formula is C31H28BrCl2N3O5S. The number of nitrogens with one attached hydrogen (secondary N) is 1. The molecule has 8 nitrogen and oxygen atoms in total. The number of sulfonamides is 1. The lowest BCUT2D eigenvalue weighted by Gasteiger charge is -2.24. The number of carbonyl (C=O) groups is 1. The molecule has 0 heterocycles. The van der Waals surface area contributed by atoms with Crippen molar-refractivity contribution in [3.63, 3.8) is 0 Å². The Morgan fingerprint density at radius 2 is 1.72 bits per heavy atom. The summed E-state index contributed by atoms with van der Waals surface area (Å²) < 4.78 is 40.2. The lowest BCUT2D eigenvalue weighted by Crippen LogP contribution is -2.39. The van der Waals surface area contributed by atoms with Crippen LogP contribution < -0.4 is 19.2 Å². The number of benzene rings is 4. The molecule has 0 aromatic heterocycles. The molecule has 0 aliphatic rings. The number of amides is 1. The highest BCUT2D eigenvalue weighted by atomic mass is 79.9. The van der Waals surface area contributed by atoms with Gasteiger partial charge in [-0.2, -0.15) is 5.10 Å². The molecule has 0 aliphatic heterocycles. The summed E-state index contributed by atoms with van der Waals surface area (Å²) in [7, 11) is -2.53. The Labute approximate surface area is 269 Å². The van der Waals surface area contributed by atoms with Crippen LogP contribution in [0.1, 0.15) is 22.3 Å². The molecule has 4 aromatic carbocycles. The van der Waals surface area contributed by atoms with E-state index in [1.807, 2.05) is 26.0 Å². The third kappa shape index (κ3) is 8.29. The summed E-state index contributed by atoms with van der Waals surface area (Å²) in [5, 5.41) is 4.92. The summed E-state index contributed by atoms with van der Waals surface area (Å²) in [5.41, 5.74) is 5.97. The van der Waals surface area contributed by atoms with Crippen LogP contribution in [0.3, 0.4) is 0 Å². The molecule has 4 aromatic rings. The molecule has 0 radical (unpaired) electrons. The van der Waals surface area contributed by atoms with Crippen molar-refractivity contribution in [2.75, 3.05) is 18.0 Å². The summed E-state index contributed by atoms with van der Waals surface area (Å²) in [6.07, 6.45) is 1.42. The van der Waals surface area contributed by atoms with Crippen LogP contribution in [-0.4, -0.2) is 34.2 Å². The minimum Gasteiger partial charge on any atom is -0.493 e. The first-order valence-electron chi connectivity index (χ1n) is 12.9. The van der Waals surface area contributed by atoms with Crippen LogP contribution >= 0.6 is 39.1 Å². The molecule has 12 heteroatoms. The number of aryl methyl sites for hydroxylation is 2. The molecule has 0 saturated carbocycles. The van der Waals surface area contributed by atoms with E-state index in [0.717, 1.165) is 21.0 Å². The van der Waals surface area contributed by atoms with E-state index in [-0.39, 0.29) is 11.5 Å². The molecule has 0 bridgehead atoms. The van der Waals surface area contributed by atoms with Gasteiger partial charge in [-0.15, -0.1) is 0 Å². The second-order valence-corrected chi connectivity index (χ2v) is 13.1. The standard InChI is InChI=1S/C31H28BrCl2N3O5S/c1-20-7-10-25(11-8-20)43(39,40)37(24-6-4-5-21(2)13-24)18-30(38)36-35-17-23-14-26(32)31(29(16-23)41-3)42-19-22-9-12-27(33)28(34)15-22/h4-17H,18-19H2,1-3H3,(H,36,38)/b35-17+. The number of hydrogen-bond donors (Lipinski definition) is 1. The van der Waals surface area contributed by atoms with Gasteiger partial charge in [0.15, 0.2) is 11.5 Å². The van der Waals surface area contributed by atoms with E-state index in [0.29, 0.717) is 37.3 Å². The number of methoxy groups -OCH3 is 1. The van der Waals surface area contributed by atoms with Crippen LogP contribution in [0.5, 0.6) is 11.5 Å². The molecule has 4 rings (SSSR count).